The minimum atomic E-state index is -0.873. The summed E-state index contributed by atoms with van der Waals surface area (Å²) in [6.45, 7) is 3.52. The Morgan fingerprint density at radius 3 is 2.75 bits per heavy atom. The first-order chi connectivity index (χ1) is 9.45. The van der Waals surface area contributed by atoms with Gasteiger partial charge in [0.05, 0.1) is 23.2 Å². The number of nitrogens with zero attached hydrogens (tertiary/aromatic N) is 3. The molecule has 0 radical (unpaired) electrons. The number of pyridine rings is 2. The highest BCUT2D eigenvalue weighted by Crippen LogP contribution is 2.24. The van der Waals surface area contributed by atoms with Gasteiger partial charge in [-0.15, -0.1) is 0 Å². The molecule has 3 heterocycles. The van der Waals surface area contributed by atoms with Crippen molar-refractivity contribution in [2.45, 2.75) is 19.4 Å². The fourth-order valence-corrected chi connectivity index (χ4v) is 2.45. The first-order valence-electron chi connectivity index (χ1n) is 6.28. The lowest BCUT2D eigenvalue weighted by Crippen LogP contribution is -2.15. The highest BCUT2D eigenvalue weighted by Gasteiger charge is 2.17. The van der Waals surface area contributed by atoms with Gasteiger partial charge in [0.1, 0.15) is 10.3 Å². The van der Waals surface area contributed by atoms with E-state index in [0.717, 1.165) is 27.2 Å². The molecule has 0 saturated heterocycles. The fraction of sp³-hybridized carbons (Fsp3) is 0.200. The average molecular weight is 332 g/mol. The molecule has 0 aliphatic rings. The summed E-state index contributed by atoms with van der Waals surface area (Å²) < 4.78 is 2.75. The van der Waals surface area contributed by atoms with Gasteiger partial charge in [0.25, 0.3) is 0 Å². The fourth-order valence-electron chi connectivity index (χ4n) is 2.10. The van der Waals surface area contributed by atoms with E-state index in [2.05, 4.69) is 25.9 Å². The number of imidazole rings is 1. The SMILES string of the molecule is CC(C)(O)c1ccn2c(-c3cccc(Br)n3)cnc2c1. The largest absolute Gasteiger partial charge is 0.386 e. The maximum absolute atomic E-state index is 10.1. The van der Waals surface area contributed by atoms with E-state index >= 15 is 0 Å². The summed E-state index contributed by atoms with van der Waals surface area (Å²) >= 11 is 3.38. The van der Waals surface area contributed by atoms with E-state index in [0.29, 0.717) is 0 Å². The Morgan fingerprint density at radius 1 is 1.25 bits per heavy atom. The summed E-state index contributed by atoms with van der Waals surface area (Å²) in [6.07, 6.45) is 3.70. The number of aliphatic hydroxyl groups is 1. The molecule has 0 saturated carbocycles. The van der Waals surface area contributed by atoms with Crippen molar-refractivity contribution >= 4 is 21.6 Å². The molecule has 1 N–H and O–H groups in total. The number of fused-ring (bicyclic) bond motifs is 1. The molecule has 102 valence electrons. The molecule has 0 aromatic carbocycles. The van der Waals surface area contributed by atoms with Gasteiger partial charge in [-0.3, -0.25) is 4.40 Å². The van der Waals surface area contributed by atoms with Gasteiger partial charge in [-0.25, -0.2) is 9.97 Å². The maximum Gasteiger partial charge on any atom is 0.137 e. The van der Waals surface area contributed by atoms with E-state index in [1.807, 2.05) is 40.9 Å². The molecular formula is C15H14BrN3O. The lowest BCUT2D eigenvalue weighted by atomic mass is 10.00. The van der Waals surface area contributed by atoms with Crippen molar-refractivity contribution in [3.8, 4) is 11.4 Å². The van der Waals surface area contributed by atoms with Crippen LogP contribution in [0, 0.1) is 0 Å². The first-order valence-corrected chi connectivity index (χ1v) is 7.07. The Kier molecular flexibility index (Phi) is 3.11. The van der Waals surface area contributed by atoms with E-state index in [1.165, 1.54) is 0 Å². The van der Waals surface area contributed by atoms with Crippen LogP contribution in [0.25, 0.3) is 17.0 Å². The van der Waals surface area contributed by atoms with E-state index < -0.39 is 5.60 Å². The van der Waals surface area contributed by atoms with Gasteiger partial charge in [-0.2, -0.15) is 0 Å². The number of aromatic nitrogens is 3. The molecule has 0 unspecified atom stereocenters. The van der Waals surface area contributed by atoms with Crippen LogP contribution in [0.1, 0.15) is 19.4 Å². The average Bonchev–Trinajstić information content (AvgIpc) is 2.80. The predicted molar refractivity (Wildman–Crippen MR) is 81.4 cm³/mol. The van der Waals surface area contributed by atoms with Crippen LogP contribution in [-0.2, 0) is 5.60 Å². The zero-order valence-corrected chi connectivity index (χ0v) is 12.8. The van der Waals surface area contributed by atoms with Crippen molar-refractivity contribution in [2.75, 3.05) is 0 Å². The van der Waals surface area contributed by atoms with Crippen LogP contribution in [0.15, 0.2) is 47.3 Å². The van der Waals surface area contributed by atoms with Crippen LogP contribution in [0.3, 0.4) is 0 Å². The summed E-state index contributed by atoms with van der Waals surface area (Å²) in [6, 6.07) is 9.56. The number of hydrogen-bond donors (Lipinski definition) is 1. The molecule has 0 aliphatic carbocycles. The van der Waals surface area contributed by atoms with Gasteiger partial charge in [0, 0.05) is 6.20 Å². The quantitative estimate of drug-likeness (QED) is 0.732. The second-order valence-electron chi connectivity index (χ2n) is 5.19. The lowest BCUT2D eigenvalue weighted by Gasteiger charge is -2.17. The van der Waals surface area contributed by atoms with Gasteiger partial charge < -0.3 is 5.11 Å². The zero-order valence-electron chi connectivity index (χ0n) is 11.2. The second-order valence-corrected chi connectivity index (χ2v) is 6.00. The van der Waals surface area contributed by atoms with Crippen molar-refractivity contribution in [2.24, 2.45) is 0 Å². The first kappa shape index (κ1) is 13.3. The third kappa shape index (κ3) is 2.34. The van der Waals surface area contributed by atoms with Crippen LogP contribution in [-0.4, -0.2) is 19.5 Å². The summed E-state index contributed by atoms with van der Waals surface area (Å²) in [4.78, 5) is 8.84. The van der Waals surface area contributed by atoms with E-state index in [9.17, 15) is 5.11 Å². The molecule has 0 fully saturated rings. The third-order valence-corrected chi connectivity index (χ3v) is 3.64. The second kappa shape index (κ2) is 4.68. The molecule has 3 aromatic heterocycles. The van der Waals surface area contributed by atoms with Gasteiger partial charge in [0.2, 0.25) is 0 Å². The molecule has 3 rings (SSSR count). The standard InChI is InChI=1S/C15H14BrN3O/c1-15(2,20)10-6-7-19-12(9-17-14(19)8-10)11-4-3-5-13(16)18-11/h3-9,20H,1-2H3. The third-order valence-electron chi connectivity index (χ3n) is 3.20. The van der Waals surface area contributed by atoms with Crippen LogP contribution in [0.2, 0.25) is 0 Å². The molecule has 0 atom stereocenters. The van der Waals surface area contributed by atoms with Crippen LogP contribution >= 0.6 is 15.9 Å². The van der Waals surface area contributed by atoms with Gasteiger partial charge >= 0.3 is 0 Å². The van der Waals surface area contributed by atoms with Crippen molar-refractivity contribution in [1.29, 1.82) is 0 Å². The minimum Gasteiger partial charge on any atom is -0.386 e. The molecule has 0 amide bonds. The van der Waals surface area contributed by atoms with Crippen molar-refractivity contribution in [3.63, 3.8) is 0 Å². The summed E-state index contributed by atoms with van der Waals surface area (Å²) in [7, 11) is 0. The molecule has 0 bridgehead atoms. The Hall–Kier alpha value is -1.72. The lowest BCUT2D eigenvalue weighted by molar-refractivity contribution is 0.0786. The Balaban J connectivity index is 2.15. The van der Waals surface area contributed by atoms with E-state index in [4.69, 9.17) is 0 Å². The number of halogens is 1. The summed E-state index contributed by atoms with van der Waals surface area (Å²) in [5, 5.41) is 10.1. The predicted octanol–water partition coefficient (Wildman–Crippen LogP) is 3.39. The van der Waals surface area contributed by atoms with Crippen LogP contribution in [0.5, 0.6) is 0 Å². The number of rotatable bonds is 2. The monoisotopic (exact) mass is 331 g/mol. The normalized spacial score (nSPS) is 12.0. The van der Waals surface area contributed by atoms with E-state index in [-0.39, 0.29) is 0 Å². The molecule has 0 spiro atoms. The number of hydrogen-bond acceptors (Lipinski definition) is 3. The van der Waals surface area contributed by atoms with Crippen LogP contribution < -0.4 is 0 Å². The van der Waals surface area contributed by atoms with E-state index in [1.54, 1.807) is 20.0 Å². The topological polar surface area (TPSA) is 50.4 Å². The van der Waals surface area contributed by atoms with Crippen molar-refractivity contribution in [3.05, 3.63) is 52.9 Å². The highest BCUT2D eigenvalue weighted by molar-refractivity contribution is 9.10. The minimum absolute atomic E-state index is 0.790. The van der Waals surface area contributed by atoms with Gasteiger partial charge in [-0.1, -0.05) is 6.07 Å². The van der Waals surface area contributed by atoms with Crippen molar-refractivity contribution in [1.82, 2.24) is 14.4 Å². The molecule has 3 aromatic rings. The molecular weight excluding hydrogens is 318 g/mol. The Bertz CT molecular complexity index is 774. The van der Waals surface area contributed by atoms with Crippen molar-refractivity contribution < 1.29 is 5.11 Å². The highest BCUT2D eigenvalue weighted by atomic mass is 79.9. The molecule has 4 nitrogen and oxygen atoms in total. The summed E-state index contributed by atoms with van der Waals surface area (Å²) in [5.41, 5.74) is 2.53. The van der Waals surface area contributed by atoms with Gasteiger partial charge in [0.15, 0.2) is 0 Å². The maximum atomic E-state index is 10.1. The molecule has 5 heteroatoms. The molecule has 0 aliphatic heterocycles. The van der Waals surface area contributed by atoms with Crippen LogP contribution in [0.4, 0.5) is 0 Å². The Labute approximate surface area is 125 Å². The van der Waals surface area contributed by atoms with Gasteiger partial charge in [-0.05, 0) is 59.6 Å². The molecule has 20 heavy (non-hydrogen) atoms. The summed E-state index contributed by atoms with van der Waals surface area (Å²) in [5.74, 6) is 0. The zero-order chi connectivity index (χ0) is 14.3. The smallest absolute Gasteiger partial charge is 0.137 e. The Morgan fingerprint density at radius 2 is 2.05 bits per heavy atom.